The molecule has 6 nitrogen and oxygen atoms in total. The molecule has 2 aromatic rings. The lowest BCUT2D eigenvalue weighted by Gasteiger charge is -2.13. The van der Waals surface area contributed by atoms with Gasteiger partial charge in [-0.3, -0.25) is 9.48 Å². The summed E-state index contributed by atoms with van der Waals surface area (Å²) in [5.41, 5.74) is -0.0431. The van der Waals surface area contributed by atoms with Crippen LogP contribution in [0.15, 0.2) is 30.6 Å². The molecule has 21 heavy (non-hydrogen) atoms. The van der Waals surface area contributed by atoms with Crippen LogP contribution in [0, 0.1) is 5.82 Å². The second kappa shape index (κ2) is 5.92. The van der Waals surface area contributed by atoms with Gasteiger partial charge in [0.25, 0.3) is 5.91 Å². The molecule has 1 amide bonds. The fourth-order valence-electron chi connectivity index (χ4n) is 1.76. The van der Waals surface area contributed by atoms with E-state index >= 15 is 0 Å². The van der Waals surface area contributed by atoms with E-state index in [1.807, 2.05) is 0 Å². The maximum atomic E-state index is 13.8. The van der Waals surface area contributed by atoms with E-state index in [2.05, 4.69) is 10.4 Å². The largest absolute Gasteiger partial charge is 0.479 e. The molecular formula is C13H11ClFN3O3. The fraction of sp³-hybridized carbons (Fsp3) is 0.154. The summed E-state index contributed by atoms with van der Waals surface area (Å²) in [6.07, 6.45) is 2.76. The van der Waals surface area contributed by atoms with Crippen LogP contribution in [-0.4, -0.2) is 26.8 Å². The van der Waals surface area contributed by atoms with Gasteiger partial charge < -0.3 is 10.4 Å². The molecule has 0 aliphatic heterocycles. The number of nitrogens with zero attached hydrogens (tertiary/aromatic N) is 2. The number of carboxylic acids is 1. The van der Waals surface area contributed by atoms with Crippen LogP contribution >= 0.6 is 11.6 Å². The number of hydrogen-bond donors (Lipinski definition) is 2. The summed E-state index contributed by atoms with van der Waals surface area (Å²) in [5, 5.41) is 15.1. The Bertz CT molecular complexity index is 702. The Morgan fingerprint density at radius 2 is 2.19 bits per heavy atom. The zero-order chi connectivity index (χ0) is 15.6. The number of halogens is 2. The van der Waals surface area contributed by atoms with Gasteiger partial charge in [0.15, 0.2) is 11.9 Å². The van der Waals surface area contributed by atoms with Gasteiger partial charge in [-0.25, -0.2) is 9.18 Å². The molecular weight excluding hydrogens is 301 g/mol. The third-order valence-corrected chi connectivity index (χ3v) is 3.07. The smallest absolute Gasteiger partial charge is 0.331 e. The summed E-state index contributed by atoms with van der Waals surface area (Å²) >= 11 is 5.59. The zero-order valence-electron chi connectivity index (χ0n) is 10.9. The molecule has 0 spiro atoms. The van der Waals surface area contributed by atoms with Crippen molar-refractivity contribution in [2.75, 3.05) is 0 Å². The van der Waals surface area contributed by atoms with Crippen molar-refractivity contribution in [3.63, 3.8) is 0 Å². The van der Waals surface area contributed by atoms with Gasteiger partial charge in [0.05, 0.1) is 16.8 Å². The monoisotopic (exact) mass is 311 g/mol. The van der Waals surface area contributed by atoms with Crippen molar-refractivity contribution in [2.45, 2.75) is 6.04 Å². The second-order valence-electron chi connectivity index (χ2n) is 4.29. The number of hydrogen-bond acceptors (Lipinski definition) is 3. The van der Waals surface area contributed by atoms with Crippen LogP contribution in [0.3, 0.4) is 0 Å². The Kier molecular flexibility index (Phi) is 4.23. The highest BCUT2D eigenvalue weighted by Gasteiger charge is 2.25. The Balaban J connectivity index is 2.27. The molecule has 1 unspecified atom stereocenters. The number of carbonyl (C=O) groups excluding carboxylic acids is 1. The second-order valence-corrected chi connectivity index (χ2v) is 4.70. The van der Waals surface area contributed by atoms with Crippen molar-refractivity contribution in [1.82, 2.24) is 15.1 Å². The molecule has 1 heterocycles. The van der Waals surface area contributed by atoms with Crippen molar-refractivity contribution in [3.05, 3.63) is 52.6 Å². The summed E-state index contributed by atoms with van der Waals surface area (Å²) in [6.45, 7) is 0. The first-order valence-electron chi connectivity index (χ1n) is 5.86. The van der Waals surface area contributed by atoms with Crippen molar-refractivity contribution >= 4 is 23.5 Å². The number of amides is 1. The Morgan fingerprint density at radius 1 is 1.48 bits per heavy atom. The minimum absolute atomic E-state index is 0.212. The number of carboxylic acid groups (broad SMARTS) is 1. The molecule has 0 saturated heterocycles. The highest BCUT2D eigenvalue weighted by atomic mass is 35.5. The number of rotatable bonds is 4. The van der Waals surface area contributed by atoms with Crippen LogP contribution in [-0.2, 0) is 11.8 Å². The first kappa shape index (κ1) is 15.0. The third kappa shape index (κ3) is 3.19. The Morgan fingerprint density at radius 3 is 2.76 bits per heavy atom. The molecule has 0 bridgehead atoms. The maximum absolute atomic E-state index is 13.8. The predicted molar refractivity (Wildman–Crippen MR) is 72.5 cm³/mol. The van der Waals surface area contributed by atoms with E-state index in [0.717, 1.165) is 0 Å². The lowest BCUT2D eigenvalue weighted by molar-refractivity contribution is -0.139. The van der Waals surface area contributed by atoms with Gasteiger partial charge in [-0.05, 0) is 12.1 Å². The first-order chi connectivity index (χ1) is 9.90. The summed E-state index contributed by atoms with van der Waals surface area (Å²) in [7, 11) is 1.61. The van der Waals surface area contributed by atoms with Crippen molar-refractivity contribution in [1.29, 1.82) is 0 Å². The van der Waals surface area contributed by atoms with Gasteiger partial charge in [-0.1, -0.05) is 17.7 Å². The van der Waals surface area contributed by atoms with Crippen LogP contribution < -0.4 is 5.32 Å². The highest BCUT2D eigenvalue weighted by molar-refractivity contribution is 6.31. The lowest BCUT2D eigenvalue weighted by Crippen LogP contribution is -2.34. The Labute approximate surface area is 124 Å². The van der Waals surface area contributed by atoms with Crippen LogP contribution in [0.25, 0.3) is 0 Å². The average Bonchev–Trinajstić information content (AvgIpc) is 2.84. The molecule has 1 atom stereocenters. The molecule has 0 aliphatic carbocycles. The van der Waals surface area contributed by atoms with E-state index in [-0.39, 0.29) is 16.1 Å². The van der Waals surface area contributed by atoms with Crippen molar-refractivity contribution in [2.24, 2.45) is 7.05 Å². The fourth-order valence-corrected chi connectivity index (χ4v) is 1.94. The predicted octanol–water partition coefficient (Wildman–Crippen LogP) is 1.77. The molecule has 8 heteroatoms. The number of carbonyl (C=O) groups is 2. The van der Waals surface area contributed by atoms with E-state index < -0.39 is 23.7 Å². The minimum Gasteiger partial charge on any atom is -0.479 e. The molecule has 0 radical (unpaired) electrons. The van der Waals surface area contributed by atoms with Crippen molar-refractivity contribution < 1.29 is 19.1 Å². The van der Waals surface area contributed by atoms with Gasteiger partial charge in [-0.2, -0.15) is 5.10 Å². The minimum atomic E-state index is -1.33. The SMILES string of the molecule is Cn1cc(C(NC(=O)c2cccc(Cl)c2F)C(=O)O)cn1. The molecule has 2 N–H and O–H groups in total. The van der Waals surface area contributed by atoms with E-state index in [1.165, 1.54) is 35.3 Å². The number of aryl methyl sites for hydroxylation is 1. The standard InChI is InChI=1S/C13H11ClFN3O3/c1-18-6-7(5-16-18)11(13(20)21)17-12(19)8-3-2-4-9(14)10(8)15/h2-6,11H,1H3,(H,17,19)(H,20,21). The summed E-state index contributed by atoms with van der Waals surface area (Å²) in [5.74, 6) is -3.04. The summed E-state index contributed by atoms with van der Waals surface area (Å²) in [6, 6.07) is 2.59. The van der Waals surface area contributed by atoms with Gasteiger partial charge in [-0.15, -0.1) is 0 Å². The molecule has 0 fully saturated rings. The maximum Gasteiger partial charge on any atom is 0.331 e. The quantitative estimate of drug-likeness (QED) is 0.901. The van der Waals surface area contributed by atoms with Crippen LogP contribution in [0.5, 0.6) is 0 Å². The average molecular weight is 312 g/mol. The zero-order valence-corrected chi connectivity index (χ0v) is 11.6. The van der Waals surface area contributed by atoms with Crippen LogP contribution in [0.2, 0.25) is 5.02 Å². The topological polar surface area (TPSA) is 84.2 Å². The summed E-state index contributed by atoms with van der Waals surface area (Å²) in [4.78, 5) is 23.3. The van der Waals surface area contributed by atoms with E-state index in [1.54, 1.807) is 7.05 Å². The Hall–Kier alpha value is -2.41. The number of aliphatic carboxylic acids is 1. The van der Waals surface area contributed by atoms with Gasteiger partial charge in [0.1, 0.15) is 0 Å². The van der Waals surface area contributed by atoms with E-state index in [0.29, 0.717) is 0 Å². The number of benzene rings is 1. The summed E-state index contributed by atoms with van der Waals surface area (Å²) < 4.78 is 15.2. The third-order valence-electron chi connectivity index (χ3n) is 2.78. The van der Waals surface area contributed by atoms with Gasteiger partial charge >= 0.3 is 5.97 Å². The molecule has 110 valence electrons. The number of nitrogens with one attached hydrogen (secondary N) is 1. The number of aromatic nitrogens is 2. The van der Waals surface area contributed by atoms with E-state index in [4.69, 9.17) is 11.6 Å². The lowest BCUT2D eigenvalue weighted by atomic mass is 10.1. The normalized spacial score (nSPS) is 12.0. The molecule has 1 aromatic carbocycles. The molecule has 0 aliphatic rings. The van der Waals surface area contributed by atoms with E-state index in [9.17, 15) is 19.1 Å². The molecule has 2 rings (SSSR count). The van der Waals surface area contributed by atoms with Crippen LogP contribution in [0.1, 0.15) is 22.0 Å². The van der Waals surface area contributed by atoms with Gasteiger partial charge in [0.2, 0.25) is 0 Å². The van der Waals surface area contributed by atoms with Crippen molar-refractivity contribution in [3.8, 4) is 0 Å². The molecule has 0 saturated carbocycles. The first-order valence-corrected chi connectivity index (χ1v) is 6.24. The molecule has 1 aromatic heterocycles. The highest BCUT2D eigenvalue weighted by Crippen LogP contribution is 2.19. The van der Waals surface area contributed by atoms with Gasteiger partial charge in [0, 0.05) is 18.8 Å². The van der Waals surface area contributed by atoms with Crippen LogP contribution in [0.4, 0.5) is 4.39 Å².